The minimum Gasteiger partial charge on any atom is -0.326 e. The van der Waals surface area contributed by atoms with Gasteiger partial charge in [0.15, 0.2) is 0 Å². The molecule has 0 radical (unpaired) electrons. The maximum Gasteiger partial charge on any atom is 0.308 e. The number of thiazole rings is 1. The molecule has 0 aliphatic carbocycles. The van der Waals surface area contributed by atoms with Crippen LogP contribution in [-0.2, 0) is 21.4 Å². The lowest BCUT2D eigenvalue weighted by Gasteiger charge is -2.30. The maximum atomic E-state index is 12.8. The lowest BCUT2D eigenvalue weighted by atomic mass is 9.98. The molecular weight excluding hydrogens is 430 g/mol. The van der Waals surface area contributed by atoms with Gasteiger partial charge in [0, 0.05) is 25.3 Å². The first kappa shape index (κ1) is 20.3. The third kappa shape index (κ3) is 3.89. The van der Waals surface area contributed by atoms with Crippen LogP contribution >= 0.6 is 22.7 Å². The Labute approximate surface area is 176 Å². The topological polar surface area (TPSA) is 88.5 Å². The second-order valence-corrected chi connectivity index (χ2v) is 11.0. The van der Waals surface area contributed by atoms with E-state index in [-0.39, 0.29) is 17.3 Å². The molecule has 1 saturated heterocycles. The highest BCUT2D eigenvalue weighted by Gasteiger charge is 2.33. The van der Waals surface area contributed by atoms with E-state index < -0.39 is 15.9 Å². The number of aromatic nitrogens is 1. The summed E-state index contributed by atoms with van der Waals surface area (Å²) in [7, 11) is -3.56. The zero-order valence-corrected chi connectivity index (χ0v) is 18.3. The van der Waals surface area contributed by atoms with Gasteiger partial charge in [-0.3, -0.25) is 14.2 Å². The fourth-order valence-corrected chi connectivity index (χ4v) is 7.26. The van der Waals surface area contributed by atoms with Crippen LogP contribution in [0, 0.1) is 5.92 Å². The number of nitrogens with one attached hydrogen (secondary N) is 1. The van der Waals surface area contributed by atoms with Crippen LogP contribution in [0.5, 0.6) is 0 Å². The van der Waals surface area contributed by atoms with Crippen LogP contribution in [0.3, 0.4) is 0 Å². The predicted molar refractivity (Wildman–Crippen MR) is 116 cm³/mol. The van der Waals surface area contributed by atoms with Gasteiger partial charge in [-0.05, 0) is 49.4 Å². The average Bonchev–Trinajstić information content (AvgIpc) is 3.35. The van der Waals surface area contributed by atoms with Gasteiger partial charge < -0.3 is 5.32 Å². The number of carbonyl (C=O) groups excluding carboxylic acids is 1. The first-order valence-electron chi connectivity index (χ1n) is 9.38. The van der Waals surface area contributed by atoms with Crippen molar-refractivity contribution in [3.05, 3.63) is 45.4 Å². The molecule has 0 saturated carbocycles. The van der Waals surface area contributed by atoms with E-state index in [9.17, 15) is 18.0 Å². The van der Waals surface area contributed by atoms with Crippen LogP contribution in [0.15, 0.2) is 44.7 Å². The molecule has 154 valence electrons. The van der Waals surface area contributed by atoms with Gasteiger partial charge in [-0.25, -0.2) is 8.42 Å². The molecule has 1 aromatic carbocycles. The summed E-state index contributed by atoms with van der Waals surface area (Å²) in [5.74, 6) is -0.606. The lowest BCUT2D eigenvalue weighted by Crippen LogP contribution is -2.43. The van der Waals surface area contributed by atoms with Crippen molar-refractivity contribution in [2.24, 2.45) is 5.92 Å². The summed E-state index contributed by atoms with van der Waals surface area (Å²) in [4.78, 5) is 24.8. The molecule has 1 amide bonds. The highest BCUT2D eigenvalue weighted by atomic mass is 32.2. The van der Waals surface area contributed by atoms with Gasteiger partial charge in [-0.15, -0.1) is 11.3 Å². The molecule has 1 N–H and O–H groups in total. The number of thiophene rings is 1. The number of benzene rings is 1. The molecule has 4 rings (SSSR count). The van der Waals surface area contributed by atoms with E-state index in [1.165, 1.54) is 15.6 Å². The second kappa shape index (κ2) is 8.02. The minimum atomic E-state index is -3.56. The smallest absolute Gasteiger partial charge is 0.308 e. The first-order chi connectivity index (χ1) is 13.9. The minimum absolute atomic E-state index is 0.0207. The van der Waals surface area contributed by atoms with Gasteiger partial charge in [0.2, 0.25) is 5.91 Å². The van der Waals surface area contributed by atoms with E-state index in [1.807, 2.05) is 13.0 Å². The van der Waals surface area contributed by atoms with Gasteiger partial charge in [-0.1, -0.05) is 17.4 Å². The van der Waals surface area contributed by atoms with Crippen LogP contribution < -0.4 is 10.2 Å². The van der Waals surface area contributed by atoms with Crippen molar-refractivity contribution in [3.8, 4) is 0 Å². The van der Waals surface area contributed by atoms with Crippen molar-refractivity contribution < 1.29 is 13.2 Å². The quantitative estimate of drug-likeness (QED) is 0.645. The van der Waals surface area contributed by atoms with Crippen molar-refractivity contribution in [3.63, 3.8) is 0 Å². The number of sulfonamides is 1. The molecule has 1 atom stereocenters. The van der Waals surface area contributed by atoms with Gasteiger partial charge in [0.05, 0.1) is 16.1 Å². The highest BCUT2D eigenvalue weighted by Crippen LogP contribution is 2.28. The number of piperidine rings is 1. The Morgan fingerprint density at radius 1 is 1.31 bits per heavy atom. The van der Waals surface area contributed by atoms with E-state index >= 15 is 0 Å². The van der Waals surface area contributed by atoms with Crippen molar-refractivity contribution in [1.82, 2.24) is 8.87 Å². The largest absolute Gasteiger partial charge is 0.326 e. The second-order valence-electron chi connectivity index (χ2n) is 6.92. The molecule has 1 aliphatic rings. The number of fused-ring (bicyclic) bond motifs is 1. The van der Waals surface area contributed by atoms with Gasteiger partial charge >= 0.3 is 4.87 Å². The molecule has 2 aromatic heterocycles. The van der Waals surface area contributed by atoms with Crippen LogP contribution in [-0.4, -0.2) is 36.3 Å². The Hall–Kier alpha value is -2.01. The number of anilines is 1. The molecule has 0 spiro atoms. The molecule has 0 bridgehead atoms. The maximum absolute atomic E-state index is 12.8. The zero-order valence-electron chi connectivity index (χ0n) is 15.8. The van der Waals surface area contributed by atoms with Crippen molar-refractivity contribution in [2.75, 3.05) is 18.4 Å². The number of nitrogens with zero attached hydrogens (tertiary/aromatic N) is 2. The number of carbonyl (C=O) groups is 1. The van der Waals surface area contributed by atoms with Gasteiger partial charge in [0.25, 0.3) is 10.0 Å². The molecule has 1 fully saturated rings. The molecule has 10 heteroatoms. The zero-order chi connectivity index (χ0) is 20.6. The van der Waals surface area contributed by atoms with Crippen molar-refractivity contribution >= 4 is 54.5 Å². The van der Waals surface area contributed by atoms with E-state index in [0.717, 1.165) is 21.6 Å². The monoisotopic (exact) mass is 451 g/mol. The van der Waals surface area contributed by atoms with Gasteiger partial charge in [-0.2, -0.15) is 4.31 Å². The Morgan fingerprint density at radius 3 is 2.86 bits per heavy atom. The number of hydrogen-bond donors (Lipinski definition) is 1. The van der Waals surface area contributed by atoms with Crippen LogP contribution in [0.1, 0.15) is 19.8 Å². The number of rotatable bonds is 5. The Kier molecular flexibility index (Phi) is 5.60. The number of amides is 1. The number of aryl methyl sites for hydroxylation is 1. The molecule has 0 unspecified atom stereocenters. The van der Waals surface area contributed by atoms with E-state index in [1.54, 1.807) is 34.2 Å². The summed E-state index contributed by atoms with van der Waals surface area (Å²) in [6.45, 7) is 3.12. The fraction of sp³-hybridized carbons (Fsp3) is 0.368. The third-order valence-corrected chi connectivity index (χ3v) is 9.28. The molecule has 3 heterocycles. The predicted octanol–water partition coefficient (Wildman–Crippen LogP) is 3.18. The SMILES string of the molecule is CCn1c(=O)sc2cc(NC(=O)[C@@H]3CCCN(S(=O)(=O)c4cccs4)C3)ccc21. The van der Waals surface area contributed by atoms with Crippen molar-refractivity contribution in [2.45, 2.75) is 30.5 Å². The third-order valence-electron chi connectivity index (χ3n) is 5.10. The summed E-state index contributed by atoms with van der Waals surface area (Å²) >= 11 is 2.34. The average molecular weight is 452 g/mol. The van der Waals surface area contributed by atoms with Crippen LogP contribution in [0.25, 0.3) is 10.2 Å². The molecule has 1 aliphatic heterocycles. The summed E-state index contributed by atoms with van der Waals surface area (Å²) in [5.41, 5.74) is 1.47. The summed E-state index contributed by atoms with van der Waals surface area (Å²) in [5, 5.41) is 4.63. The molecular formula is C19H21N3O4S3. The number of hydrogen-bond acceptors (Lipinski definition) is 6. The lowest BCUT2D eigenvalue weighted by molar-refractivity contribution is -0.120. The fourth-order valence-electron chi connectivity index (χ4n) is 3.60. The Balaban J connectivity index is 1.50. The van der Waals surface area contributed by atoms with Crippen LogP contribution in [0.2, 0.25) is 0 Å². The standard InChI is InChI=1S/C19H21N3O4S3/c1-2-22-15-8-7-14(11-16(15)28-19(22)24)20-18(23)13-5-3-9-21(12-13)29(25,26)17-6-4-10-27-17/h4,6-8,10-11,13H,2-3,5,9,12H2,1H3,(H,20,23)/t13-/m1/s1. The summed E-state index contributed by atoms with van der Waals surface area (Å²) in [6.07, 6.45) is 1.28. The molecule has 29 heavy (non-hydrogen) atoms. The molecule has 7 nitrogen and oxygen atoms in total. The summed E-state index contributed by atoms with van der Waals surface area (Å²) < 4.78 is 29.7. The normalized spacial score (nSPS) is 18.2. The molecule has 3 aromatic rings. The Morgan fingerprint density at radius 2 is 2.14 bits per heavy atom. The van der Waals surface area contributed by atoms with Crippen molar-refractivity contribution in [1.29, 1.82) is 0 Å². The first-order valence-corrected chi connectivity index (χ1v) is 12.5. The van der Waals surface area contributed by atoms with E-state index in [4.69, 9.17) is 0 Å². The van der Waals surface area contributed by atoms with E-state index in [2.05, 4.69) is 5.32 Å². The Bertz CT molecular complexity index is 1200. The highest BCUT2D eigenvalue weighted by molar-refractivity contribution is 7.91. The van der Waals surface area contributed by atoms with E-state index in [0.29, 0.717) is 35.8 Å². The van der Waals surface area contributed by atoms with Crippen LogP contribution in [0.4, 0.5) is 5.69 Å². The van der Waals surface area contributed by atoms with Gasteiger partial charge in [0.1, 0.15) is 4.21 Å². The summed E-state index contributed by atoms with van der Waals surface area (Å²) in [6, 6.07) is 8.71.